The summed E-state index contributed by atoms with van der Waals surface area (Å²) >= 11 is 0. The average Bonchev–Trinajstić information content (AvgIpc) is 3.29. The minimum Gasteiger partial charge on any atom is -1.00 e. The summed E-state index contributed by atoms with van der Waals surface area (Å²) in [5.41, 5.74) is 7.31. The molecule has 2 aromatic heterocycles. The molecule has 0 radical (unpaired) electrons. The Hall–Kier alpha value is -2.68. The number of imidazole rings is 2. The second kappa shape index (κ2) is 11.4. The van der Waals surface area contributed by atoms with E-state index in [1.54, 1.807) is 7.11 Å². The van der Waals surface area contributed by atoms with Crippen LogP contribution >= 0.6 is 0 Å². The molecule has 0 amide bonds. The van der Waals surface area contributed by atoms with Crippen LogP contribution in [-0.2, 0) is 30.9 Å². The zero-order valence-electron chi connectivity index (χ0n) is 21.5. The summed E-state index contributed by atoms with van der Waals surface area (Å²) in [6, 6.07) is 23.8. The molecule has 1 aliphatic heterocycles. The number of rotatable bonds is 1. The van der Waals surface area contributed by atoms with Gasteiger partial charge in [0.25, 0.3) is 11.6 Å². The van der Waals surface area contributed by atoms with E-state index in [4.69, 9.17) is 9.47 Å². The van der Waals surface area contributed by atoms with E-state index in [9.17, 15) is 0 Å². The number of halogens is 2. The molecule has 37 heavy (non-hydrogen) atoms. The van der Waals surface area contributed by atoms with E-state index in [1.165, 1.54) is 44.8 Å². The summed E-state index contributed by atoms with van der Waals surface area (Å²) < 4.78 is 21.8. The molecular weight excluding hydrogens is 596 g/mol. The van der Waals surface area contributed by atoms with Crippen LogP contribution in [0.1, 0.15) is 22.8 Å². The molecule has 1 aliphatic rings. The molecular formula is C29H32Br2N4O2. The lowest BCUT2D eigenvalue weighted by molar-refractivity contribution is -0.670. The molecule has 3 heterocycles. The number of para-hydroxylation sites is 5. The summed E-state index contributed by atoms with van der Waals surface area (Å²) in [7, 11) is 1.79. The second-order valence-electron chi connectivity index (χ2n) is 9.27. The van der Waals surface area contributed by atoms with Crippen molar-refractivity contribution in [1.82, 2.24) is 9.13 Å². The molecule has 0 saturated carbocycles. The van der Waals surface area contributed by atoms with Gasteiger partial charge < -0.3 is 43.4 Å². The van der Waals surface area contributed by atoms with Crippen molar-refractivity contribution in [1.29, 1.82) is 0 Å². The maximum Gasteiger partial charge on any atom is 0.254 e. The molecule has 0 fully saturated rings. The molecule has 3 aromatic carbocycles. The number of nitrogens with zero attached hydrogens (tertiary/aromatic N) is 4. The molecule has 0 saturated heterocycles. The maximum atomic E-state index is 6.17. The van der Waals surface area contributed by atoms with Crippen molar-refractivity contribution in [2.24, 2.45) is 0 Å². The highest BCUT2D eigenvalue weighted by Crippen LogP contribution is 2.26. The lowest BCUT2D eigenvalue weighted by atomic mass is 10.1. The third-order valence-electron chi connectivity index (χ3n) is 7.45. The van der Waals surface area contributed by atoms with Crippen LogP contribution < -0.4 is 47.8 Å². The summed E-state index contributed by atoms with van der Waals surface area (Å²) in [5, 5.41) is 0. The Balaban J connectivity index is 0.00000160. The van der Waals surface area contributed by atoms with Gasteiger partial charge in [-0.3, -0.25) is 0 Å². The van der Waals surface area contributed by atoms with Crippen molar-refractivity contribution >= 4 is 22.1 Å². The molecule has 6 bridgehead atoms. The monoisotopic (exact) mass is 626 g/mol. The van der Waals surface area contributed by atoms with Crippen molar-refractivity contribution in [2.75, 3.05) is 20.3 Å². The van der Waals surface area contributed by atoms with Crippen LogP contribution in [0.3, 0.4) is 0 Å². The first kappa shape index (κ1) is 27.4. The summed E-state index contributed by atoms with van der Waals surface area (Å²) in [4.78, 5) is 0. The largest absolute Gasteiger partial charge is 1.00 e. The van der Waals surface area contributed by atoms with E-state index in [1.807, 2.05) is 0 Å². The van der Waals surface area contributed by atoms with Gasteiger partial charge in [-0.05, 0) is 24.3 Å². The lowest BCUT2D eigenvalue weighted by Gasteiger charge is -2.13. The third kappa shape index (κ3) is 4.71. The Labute approximate surface area is 238 Å². The van der Waals surface area contributed by atoms with E-state index >= 15 is 0 Å². The van der Waals surface area contributed by atoms with Crippen LogP contribution in [0.15, 0.2) is 66.7 Å². The number of benzene rings is 3. The van der Waals surface area contributed by atoms with E-state index in [-0.39, 0.29) is 34.0 Å². The fourth-order valence-electron chi connectivity index (χ4n) is 5.70. The van der Waals surface area contributed by atoms with Crippen LogP contribution in [0, 0.1) is 13.8 Å². The van der Waals surface area contributed by atoms with Crippen molar-refractivity contribution < 1.29 is 52.6 Å². The van der Waals surface area contributed by atoms with Crippen LogP contribution in [0.5, 0.6) is 5.75 Å². The van der Waals surface area contributed by atoms with Gasteiger partial charge in [-0.2, -0.15) is 0 Å². The summed E-state index contributed by atoms with van der Waals surface area (Å²) in [6.07, 6.45) is 0. The molecule has 0 unspecified atom stereocenters. The summed E-state index contributed by atoms with van der Waals surface area (Å²) in [6.45, 7) is 8.90. The van der Waals surface area contributed by atoms with Gasteiger partial charge in [0, 0.05) is 25.0 Å². The Morgan fingerprint density at radius 2 is 1.14 bits per heavy atom. The Morgan fingerprint density at radius 1 is 0.676 bits per heavy atom. The SMILES string of the molecule is COc1c2cccc1C[n+]1c(C)n(c3ccccc31)CCOCCn1c(C)[n+](c3ccccc31)C2.[Br-].[Br-]. The van der Waals surface area contributed by atoms with E-state index < -0.39 is 0 Å². The fourth-order valence-corrected chi connectivity index (χ4v) is 5.70. The zero-order valence-corrected chi connectivity index (χ0v) is 24.6. The van der Waals surface area contributed by atoms with Crippen LogP contribution in [0.25, 0.3) is 22.1 Å². The highest BCUT2D eigenvalue weighted by atomic mass is 79.9. The topological polar surface area (TPSA) is 36.1 Å². The number of methoxy groups -OCH3 is 1. The Morgan fingerprint density at radius 3 is 1.59 bits per heavy atom. The predicted octanol–water partition coefficient (Wildman–Crippen LogP) is -2.07. The zero-order chi connectivity index (χ0) is 23.9. The molecule has 0 spiro atoms. The molecule has 194 valence electrons. The molecule has 0 atom stereocenters. The number of fused-ring (bicyclic) bond motifs is 12. The average molecular weight is 628 g/mol. The van der Waals surface area contributed by atoms with Gasteiger partial charge in [-0.25, -0.2) is 18.3 Å². The molecule has 6 nitrogen and oxygen atoms in total. The van der Waals surface area contributed by atoms with E-state index in [0.717, 1.165) is 31.9 Å². The highest BCUT2D eigenvalue weighted by Gasteiger charge is 2.26. The minimum absolute atomic E-state index is 0. The standard InChI is InChI=1S/C29H32N4O2.2BrH/c1-21-30-15-17-35-18-16-31-22(2)33(28-14-7-5-12-26(28)31)20-24-10-8-9-23(29(24)34-3)19-32(21)27-13-6-4-11-25(27)30;;/h4-14H,15-20H2,1-3H3;2*1H/q+2;;/p-2. The minimum atomic E-state index is 0. The van der Waals surface area contributed by atoms with Crippen molar-refractivity contribution in [3.8, 4) is 5.75 Å². The normalized spacial score (nSPS) is 13.7. The first-order chi connectivity index (χ1) is 17.2. The number of hydrogen-bond donors (Lipinski definition) is 0. The Bertz CT molecular complexity index is 1450. The van der Waals surface area contributed by atoms with Crippen molar-refractivity contribution in [3.63, 3.8) is 0 Å². The van der Waals surface area contributed by atoms with Crippen molar-refractivity contribution in [2.45, 2.75) is 40.0 Å². The van der Waals surface area contributed by atoms with Crippen molar-refractivity contribution in [3.05, 3.63) is 89.5 Å². The first-order valence-electron chi connectivity index (χ1n) is 12.3. The van der Waals surface area contributed by atoms with Gasteiger partial charge in [-0.15, -0.1) is 0 Å². The maximum absolute atomic E-state index is 6.17. The van der Waals surface area contributed by atoms with E-state index in [0.29, 0.717) is 13.2 Å². The molecule has 0 aliphatic carbocycles. The van der Waals surface area contributed by atoms with Crippen LogP contribution in [0.4, 0.5) is 0 Å². The fraction of sp³-hybridized carbons (Fsp3) is 0.310. The van der Waals surface area contributed by atoms with Crippen LogP contribution in [-0.4, -0.2) is 29.5 Å². The molecule has 5 aromatic rings. The number of ether oxygens (including phenoxy) is 2. The smallest absolute Gasteiger partial charge is 0.254 e. The molecule has 0 N–H and O–H groups in total. The van der Waals surface area contributed by atoms with Gasteiger partial charge in [0.15, 0.2) is 22.1 Å². The third-order valence-corrected chi connectivity index (χ3v) is 7.45. The van der Waals surface area contributed by atoms with Gasteiger partial charge in [0.05, 0.1) is 20.3 Å². The number of hydrogen-bond acceptors (Lipinski definition) is 2. The predicted molar refractivity (Wildman–Crippen MR) is 136 cm³/mol. The van der Waals surface area contributed by atoms with Gasteiger partial charge in [-0.1, -0.05) is 42.5 Å². The van der Waals surface area contributed by atoms with Gasteiger partial charge in [0.1, 0.15) is 31.9 Å². The molecule has 8 heteroatoms. The van der Waals surface area contributed by atoms with Gasteiger partial charge in [0.2, 0.25) is 0 Å². The van der Waals surface area contributed by atoms with E-state index in [2.05, 4.69) is 98.8 Å². The molecule has 6 rings (SSSR count). The highest BCUT2D eigenvalue weighted by molar-refractivity contribution is 5.73. The first-order valence-corrected chi connectivity index (χ1v) is 12.3. The van der Waals surface area contributed by atoms with Crippen LogP contribution in [0.2, 0.25) is 0 Å². The number of aromatic nitrogens is 4. The Kier molecular flexibility index (Phi) is 8.41. The second-order valence-corrected chi connectivity index (χ2v) is 9.27. The summed E-state index contributed by atoms with van der Waals surface area (Å²) in [5.74, 6) is 3.41. The lowest BCUT2D eigenvalue weighted by Crippen LogP contribution is -3.00. The quantitative estimate of drug-likeness (QED) is 0.200. The van der Waals surface area contributed by atoms with Gasteiger partial charge >= 0.3 is 0 Å².